The molecular formula is C20H19N3OS2. The Kier molecular flexibility index (Phi) is 4.72. The summed E-state index contributed by atoms with van der Waals surface area (Å²) in [7, 11) is 0. The van der Waals surface area contributed by atoms with E-state index >= 15 is 0 Å². The van der Waals surface area contributed by atoms with Crippen molar-refractivity contribution in [3.05, 3.63) is 74.5 Å². The molecule has 0 aliphatic rings. The molecular weight excluding hydrogens is 362 g/mol. The van der Waals surface area contributed by atoms with Gasteiger partial charge < -0.3 is 10.3 Å². The number of nitrogens with zero attached hydrogens (tertiary/aromatic N) is 1. The van der Waals surface area contributed by atoms with E-state index in [1.165, 1.54) is 22.5 Å². The molecule has 0 saturated heterocycles. The van der Waals surface area contributed by atoms with Crippen LogP contribution in [0.3, 0.4) is 0 Å². The van der Waals surface area contributed by atoms with Crippen molar-refractivity contribution in [3.8, 4) is 10.4 Å². The highest BCUT2D eigenvalue weighted by Crippen LogP contribution is 2.33. The second-order valence-electron chi connectivity index (χ2n) is 6.35. The van der Waals surface area contributed by atoms with E-state index in [1.54, 1.807) is 11.3 Å². The van der Waals surface area contributed by atoms with Gasteiger partial charge in [0.2, 0.25) is 0 Å². The summed E-state index contributed by atoms with van der Waals surface area (Å²) in [4.78, 5) is 22.2. The number of hydrogen-bond acceptors (Lipinski definition) is 5. The van der Waals surface area contributed by atoms with Crippen LogP contribution in [0.1, 0.15) is 29.9 Å². The lowest BCUT2D eigenvalue weighted by atomic mass is 10.1. The van der Waals surface area contributed by atoms with Crippen molar-refractivity contribution < 1.29 is 0 Å². The molecule has 0 aliphatic carbocycles. The molecule has 0 saturated carbocycles. The van der Waals surface area contributed by atoms with Crippen LogP contribution < -0.4 is 10.9 Å². The summed E-state index contributed by atoms with van der Waals surface area (Å²) in [5.74, 6) is 0.675. The molecule has 2 N–H and O–H groups in total. The van der Waals surface area contributed by atoms with Gasteiger partial charge in [0.15, 0.2) is 0 Å². The lowest BCUT2D eigenvalue weighted by molar-refractivity contribution is 0.547. The fourth-order valence-corrected chi connectivity index (χ4v) is 4.63. The second kappa shape index (κ2) is 7.15. The van der Waals surface area contributed by atoms with Crippen LogP contribution in [0.4, 0.5) is 0 Å². The van der Waals surface area contributed by atoms with Gasteiger partial charge in [-0.3, -0.25) is 4.79 Å². The smallest absolute Gasteiger partial charge is 0.260 e. The van der Waals surface area contributed by atoms with Crippen LogP contribution in [-0.4, -0.2) is 9.97 Å². The van der Waals surface area contributed by atoms with E-state index in [4.69, 9.17) is 4.98 Å². The van der Waals surface area contributed by atoms with Gasteiger partial charge in [-0.2, -0.15) is 0 Å². The average Bonchev–Trinajstić information content (AvgIpc) is 3.30. The van der Waals surface area contributed by atoms with Gasteiger partial charge >= 0.3 is 0 Å². The number of aromatic amines is 1. The maximum Gasteiger partial charge on any atom is 0.260 e. The Morgan fingerprint density at radius 3 is 2.73 bits per heavy atom. The largest absolute Gasteiger partial charge is 0.309 e. The minimum absolute atomic E-state index is 0.0410. The summed E-state index contributed by atoms with van der Waals surface area (Å²) in [6, 6.07) is 12.4. The fraction of sp³-hybridized carbons (Fsp3) is 0.200. The Morgan fingerprint density at radius 2 is 2.00 bits per heavy atom. The molecule has 6 heteroatoms. The van der Waals surface area contributed by atoms with E-state index < -0.39 is 0 Å². The zero-order valence-electron chi connectivity index (χ0n) is 14.6. The van der Waals surface area contributed by atoms with E-state index in [9.17, 15) is 4.79 Å². The molecule has 0 bridgehead atoms. The Bertz CT molecular complexity index is 1080. The molecule has 4 rings (SSSR count). The number of fused-ring (bicyclic) bond motifs is 1. The zero-order valence-corrected chi connectivity index (χ0v) is 16.2. The van der Waals surface area contributed by atoms with Crippen molar-refractivity contribution in [2.24, 2.45) is 0 Å². The summed E-state index contributed by atoms with van der Waals surface area (Å²) in [5.41, 5.74) is 3.36. The summed E-state index contributed by atoms with van der Waals surface area (Å²) >= 11 is 3.16. The summed E-state index contributed by atoms with van der Waals surface area (Å²) < 4.78 is 0. The first-order valence-corrected chi connectivity index (χ1v) is 10.2. The minimum Gasteiger partial charge on any atom is -0.309 e. The number of nitrogens with one attached hydrogen (secondary N) is 2. The molecule has 1 atom stereocenters. The molecule has 0 spiro atoms. The number of thiophene rings is 2. The molecule has 1 aromatic carbocycles. The van der Waals surface area contributed by atoms with Crippen LogP contribution in [0.2, 0.25) is 0 Å². The van der Waals surface area contributed by atoms with E-state index in [0.29, 0.717) is 11.2 Å². The number of benzene rings is 1. The highest BCUT2D eigenvalue weighted by molar-refractivity contribution is 7.18. The molecule has 0 unspecified atom stereocenters. The zero-order chi connectivity index (χ0) is 18.1. The number of aryl methyl sites for hydroxylation is 1. The van der Waals surface area contributed by atoms with Crippen LogP contribution >= 0.6 is 22.7 Å². The number of hydrogen-bond donors (Lipinski definition) is 2. The Balaban J connectivity index is 1.59. The Labute approximate surface area is 159 Å². The van der Waals surface area contributed by atoms with Crippen molar-refractivity contribution in [2.45, 2.75) is 26.4 Å². The van der Waals surface area contributed by atoms with Crippen molar-refractivity contribution in [3.63, 3.8) is 0 Å². The molecule has 0 radical (unpaired) electrons. The third-order valence-electron chi connectivity index (χ3n) is 4.39. The molecule has 4 aromatic rings. The average molecular weight is 382 g/mol. The number of rotatable bonds is 5. The lowest BCUT2D eigenvalue weighted by Crippen LogP contribution is -2.23. The summed E-state index contributed by atoms with van der Waals surface area (Å²) in [6.45, 7) is 4.83. The van der Waals surface area contributed by atoms with Crippen LogP contribution in [0.5, 0.6) is 0 Å². The summed E-state index contributed by atoms with van der Waals surface area (Å²) in [6.07, 6.45) is 0. The van der Waals surface area contributed by atoms with Crippen molar-refractivity contribution in [1.29, 1.82) is 0 Å². The van der Waals surface area contributed by atoms with Gasteiger partial charge in [0, 0.05) is 22.4 Å². The van der Waals surface area contributed by atoms with Gasteiger partial charge in [0.05, 0.1) is 11.4 Å². The highest BCUT2D eigenvalue weighted by atomic mass is 32.1. The van der Waals surface area contributed by atoms with Crippen LogP contribution in [0.15, 0.2) is 52.0 Å². The normalized spacial score (nSPS) is 12.5. The van der Waals surface area contributed by atoms with E-state index in [2.05, 4.69) is 41.5 Å². The predicted octanol–water partition coefficient (Wildman–Crippen LogP) is 4.87. The first-order valence-electron chi connectivity index (χ1n) is 8.46. The van der Waals surface area contributed by atoms with Crippen molar-refractivity contribution >= 4 is 32.9 Å². The maximum atomic E-state index is 12.7. The van der Waals surface area contributed by atoms with Gasteiger partial charge in [-0.25, -0.2) is 4.98 Å². The van der Waals surface area contributed by atoms with Crippen molar-refractivity contribution in [2.75, 3.05) is 0 Å². The second-order valence-corrected chi connectivity index (χ2v) is 8.15. The fourth-order valence-electron chi connectivity index (χ4n) is 2.86. The van der Waals surface area contributed by atoms with Crippen LogP contribution in [0, 0.1) is 6.92 Å². The van der Waals surface area contributed by atoms with Gasteiger partial charge in [-0.05, 0) is 30.9 Å². The minimum atomic E-state index is -0.0707. The molecule has 0 fully saturated rings. The van der Waals surface area contributed by atoms with Crippen molar-refractivity contribution in [1.82, 2.24) is 15.3 Å². The molecule has 26 heavy (non-hydrogen) atoms. The predicted molar refractivity (Wildman–Crippen MR) is 110 cm³/mol. The summed E-state index contributed by atoms with van der Waals surface area (Å²) in [5, 5.41) is 8.16. The molecule has 4 nitrogen and oxygen atoms in total. The monoisotopic (exact) mass is 381 g/mol. The quantitative estimate of drug-likeness (QED) is 0.518. The molecule has 0 amide bonds. The first kappa shape index (κ1) is 17.1. The molecule has 3 heterocycles. The van der Waals surface area contributed by atoms with Gasteiger partial charge in [-0.15, -0.1) is 22.7 Å². The van der Waals surface area contributed by atoms with Crippen LogP contribution in [0.25, 0.3) is 20.7 Å². The van der Waals surface area contributed by atoms with Gasteiger partial charge in [0.1, 0.15) is 10.7 Å². The van der Waals surface area contributed by atoms with Crippen LogP contribution in [-0.2, 0) is 6.54 Å². The first-order chi connectivity index (χ1) is 12.6. The topological polar surface area (TPSA) is 57.8 Å². The van der Waals surface area contributed by atoms with Gasteiger partial charge in [-0.1, -0.05) is 35.9 Å². The third kappa shape index (κ3) is 3.35. The van der Waals surface area contributed by atoms with E-state index in [0.717, 1.165) is 21.8 Å². The number of H-pyrrole nitrogens is 1. The SMILES string of the molecule is Cc1ccc(CN[C@H](C)c2nc3scc(-c4cccs4)c3c(=O)[nH]2)cc1. The molecule has 0 aliphatic heterocycles. The molecule has 3 aromatic heterocycles. The van der Waals surface area contributed by atoms with E-state index in [-0.39, 0.29) is 11.6 Å². The number of aromatic nitrogens is 2. The lowest BCUT2D eigenvalue weighted by Gasteiger charge is -2.13. The van der Waals surface area contributed by atoms with E-state index in [1.807, 2.05) is 29.8 Å². The Morgan fingerprint density at radius 1 is 1.19 bits per heavy atom. The maximum absolute atomic E-state index is 12.7. The third-order valence-corrected chi connectivity index (χ3v) is 6.17. The Hall–Kier alpha value is -2.28. The highest BCUT2D eigenvalue weighted by Gasteiger charge is 2.16. The van der Waals surface area contributed by atoms with Gasteiger partial charge in [0.25, 0.3) is 5.56 Å². The standard InChI is InChI=1S/C20H19N3OS2/c1-12-5-7-14(8-6-12)10-21-13(2)18-22-19(24)17-15(11-26-20(17)23-18)16-4-3-9-25-16/h3-9,11,13,21H,10H2,1-2H3,(H,22,23,24)/t13-/m1/s1. The molecule has 132 valence electrons.